The molecule has 13 heteroatoms. The number of rotatable bonds is 6. The molecule has 0 bridgehead atoms. The van der Waals surface area contributed by atoms with E-state index in [2.05, 4.69) is 20.9 Å². The van der Waals surface area contributed by atoms with Crippen molar-refractivity contribution in [2.24, 2.45) is 0 Å². The molecule has 2 aliphatic rings. The minimum absolute atomic E-state index is 0.0870. The van der Waals surface area contributed by atoms with Crippen LogP contribution in [0.3, 0.4) is 0 Å². The predicted octanol–water partition coefficient (Wildman–Crippen LogP) is 1.65. The second-order valence-corrected chi connectivity index (χ2v) is 12.4. The highest BCUT2D eigenvalue weighted by Gasteiger charge is 2.25. The van der Waals surface area contributed by atoms with Crippen molar-refractivity contribution in [1.82, 2.24) is 24.2 Å². The quantitative estimate of drug-likeness (QED) is 0.456. The number of nitrogens with zero attached hydrogens (tertiary/aromatic N) is 7. The summed E-state index contributed by atoms with van der Waals surface area (Å²) in [6.45, 7) is 7.46. The standard InChI is InChI=1S/C24H31N7O4S2/c1-17(32)28(2)21-5-4-18(15-25-21)23-26-20-14-19(16-29-6-8-31(9-7-29)37(3,33)34)36-22(20)24(27-23)30-10-12-35-13-11-30/h4-5,14-15H,6-13,16H2,1-3H3. The lowest BCUT2D eigenvalue weighted by Gasteiger charge is -2.32. The maximum atomic E-state index is 11.8. The Morgan fingerprint density at radius 2 is 1.84 bits per heavy atom. The Labute approximate surface area is 220 Å². The molecule has 2 fully saturated rings. The second kappa shape index (κ2) is 10.6. The lowest BCUT2D eigenvalue weighted by molar-refractivity contribution is -0.116. The molecule has 0 aliphatic carbocycles. The van der Waals surface area contributed by atoms with Crippen LogP contribution in [-0.4, -0.2) is 104 Å². The number of morpholine rings is 1. The van der Waals surface area contributed by atoms with Gasteiger partial charge in [-0.05, 0) is 18.2 Å². The summed E-state index contributed by atoms with van der Waals surface area (Å²) in [4.78, 5) is 33.2. The predicted molar refractivity (Wildman–Crippen MR) is 144 cm³/mol. The minimum Gasteiger partial charge on any atom is -0.378 e. The number of piperazine rings is 1. The van der Waals surface area contributed by atoms with Gasteiger partial charge in [-0.1, -0.05) is 0 Å². The summed E-state index contributed by atoms with van der Waals surface area (Å²) in [5.41, 5.74) is 1.66. The van der Waals surface area contributed by atoms with Crippen LogP contribution >= 0.6 is 11.3 Å². The average molecular weight is 546 g/mol. The SMILES string of the molecule is CC(=O)N(C)c1ccc(-c2nc(N3CCOCC3)c3sc(CN4CCN(S(C)(=O)=O)CC4)cc3n2)cn1. The van der Waals surface area contributed by atoms with E-state index in [1.54, 1.807) is 30.6 Å². The van der Waals surface area contributed by atoms with Crippen molar-refractivity contribution in [2.75, 3.05) is 75.6 Å². The number of amides is 1. The first-order valence-electron chi connectivity index (χ1n) is 12.2. The van der Waals surface area contributed by atoms with Gasteiger partial charge >= 0.3 is 0 Å². The molecule has 0 N–H and O–H groups in total. The van der Waals surface area contributed by atoms with Crippen molar-refractivity contribution in [1.29, 1.82) is 0 Å². The van der Waals surface area contributed by atoms with Crippen molar-refractivity contribution in [2.45, 2.75) is 13.5 Å². The van der Waals surface area contributed by atoms with E-state index in [4.69, 9.17) is 14.7 Å². The molecular weight excluding hydrogens is 514 g/mol. The average Bonchev–Trinajstić information content (AvgIpc) is 3.30. The van der Waals surface area contributed by atoms with Crippen molar-refractivity contribution >= 4 is 49.1 Å². The van der Waals surface area contributed by atoms with E-state index in [0.717, 1.165) is 41.2 Å². The molecule has 3 aromatic rings. The third-order valence-corrected chi connectivity index (χ3v) is 9.13. The first-order chi connectivity index (χ1) is 17.7. The topological polar surface area (TPSA) is 112 Å². The van der Waals surface area contributed by atoms with Gasteiger partial charge in [0.2, 0.25) is 15.9 Å². The highest BCUT2D eigenvalue weighted by molar-refractivity contribution is 7.88. The first-order valence-corrected chi connectivity index (χ1v) is 14.9. The van der Waals surface area contributed by atoms with Gasteiger partial charge in [0.1, 0.15) is 5.82 Å². The summed E-state index contributed by atoms with van der Waals surface area (Å²) < 4.78 is 31.8. The molecule has 2 aliphatic heterocycles. The lowest BCUT2D eigenvalue weighted by Crippen LogP contribution is -2.47. The molecule has 198 valence electrons. The maximum absolute atomic E-state index is 11.8. The summed E-state index contributed by atoms with van der Waals surface area (Å²) in [6, 6.07) is 5.80. The minimum atomic E-state index is -3.15. The highest BCUT2D eigenvalue weighted by atomic mass is 32.2. The largest absolute Gasteiger partial charge is 0.378 e. The van der Waals surface area contributed by atoms with Crippen LogP contribution in [-0.2, 0) is 26.1 Å². The Balaban J connectivity index is 1.44. The van der Waals surface area contributed by atoms with E-state index in [-0.39, 0.29) is 5.91 Å². The molecule has 0 unspecified atom stereocenters. The fourth-order valence-corrected chi connectivity index (χ4v) is 6.46. The second-order valence-electron chi connectivity index (χ2n) is 9.32. The van der Waals surface area contributed by atoms with E-state index in [0.29, 0.717) is 51.0 Å². The van der Waals surface area contributed by atoms with Crippen LogP contribution in [0, 0.1) is 0 Å². The number of fused-ring (bicyclic) bond motifs is 1. The number of hydrogen-bond donors (Lipinski definition) is 0. The smallest absolute Gasteiger partial charge is 0.224 e. The van der Waals surface area contributed by atoms with Gasteiger partial charge in [-0.15, -0.1) is 11.3 Å². The van der Waals surface area contributed by atoms with Gasteiger partial charge in [0.05, 0.1) is 29.7 Å². The molecule has 37 heavy (non-hydrogen) atoms. The van der Waals surface area contributed by atoms with Crippen molar-refractivity contribution < 1.29 is 17.9 Å². The van der Waals surface area contributed by atoms with Gasteiger partial charge in [-0.3, -0.25) is 9.69 Å². The van der Waals surface area contributed by atoms with Gasteiger partial charge in [0, 0.05) is 76.4 Å². The molecule has 3 aromatic heterocycles. The van der Waals surface area contributed by atoms with Crippen molar-refractivity contribution in [3.63, 3.8) is 0 Å². The van der Waals surface area contributed by atoms with Gasteiger partial charge in [0.25, 0.3) is 0 Å². The van der Waals surface area contributed by atoms with Crippen LogP contribution in [0.2, 0.25) is 0 Å². The third kappa shape index (κ3) is 5.75. The van der Waals surface area contributed by atoms with Gasteiger partial charge in [-0.2, -0.15) is 4.31 Å². The Morgan fingerprint density at radius 1 is 1.11 bits per heavy atom. The van der Waals surface area contributed by atoms with Crippen LogP contribution in [0.1, 0.15) is 11.8 Å². The van der Waals surface area contributed by atoms with Gasteiger partial charge in [0.15, 0.2) is 11.6 Å². The molecule has 0 spiro atoms. The molecule has 0 aromatic carbocycles. The Morgan fingerprint density at radius 3 is 2.46 bits per heavy atom. The third-order valence-electron chi connectivity index (χ3n) is 6.72. The number of carbonyl (C=O) groups is 1. The molecular formula is C24H31N7O4S2. The molecule has 0 saturated carbocycles. The Hall–Kier alpha value is -2.71. The van der Waals surface area contributed by atoms with E-state index in [9.17, 15) is 13.2 Å². The van der Waals surface area contributed by atoms with Crippen LogP contribution < -0.4 is 9.80 Å². The molecule has 0 atom stereocenters. The number of aromatic nitrogens is 3. The lowest BCUT2D eigenvalue weighted by atomic mass is 10.2. The zero-order valence-electron chi connectivity index (χ0n) is 21.3. The number of anilines is 2. The van der Waals surface area contributed by atoms with Crippen LogP contribution in [0.4, 0.5) is 11.6 Å². The summed E-state index contributed by atoms with van der Waals surface area (Å²) in [5.74, 6) is 1.96. The van der Waals surface area contributed by atoms with E-state index < -0.39 is 10.0 Å². The normalized spacial score (nSPS) is 17.9. The van der Waals surface area contributed by atoms with Crippen LogP contribution in [0.25, 0.3) is 21.6 Å². The summed E-state index contributed by atoms with van der Waals surface area (Å²) >= 11 is 1.69. The Bertz CT molecular complexity index is 1380. The van der Waals surface area contributed by atoms with Crippen LogP contribution in [0.5, 0.6) is 0 Å². The zero-order valence-corrected chi connectivity index (χ0v) is 22.9. The van der Waals surface area contributed by atoms with Gasteiger partial charge < -0.3 is 14.5 Å². The summed E-state index contributed by atoms with van der Waals surface area (Å²) in [7, 11) is -1.46. The van der Waals surface area contributed by atoms with Crippen molar-refractivity contribution in [3.05, 3.63) is 29.3 Å². The number of ether oxygens (including phenoxy) is 1. The molecule has 5 heterocycles. The van der Waals surface area contributed by atoms with E-state index in [1.165, 1.54) is 27.3 Å². The summed E-state index contributed by atoms with van der Waals surface area (Å²) in [5, 5.41) is 0. The number of thiophene rings is 1. The van der Waals surface area contributed by atoms with E-state index in [1.807, 2.05) is 6.07 Å². The van der Waals surface area contributed by atoms with Crippen LogP contribution in [0.15, 0.2) is 24.4 Å². The first kappa shape index (κ1) is 25.9. The molecule has 11 nitrogen and oxygen atoms in total. The number of carbonyl (C=O) groups excluding carboxylic acids is 1. The fraction of sp³-hybridized carbons (Fsp3) is 0.500. The molecule has 2 saturated heterocycles. The number of sulfonamides is 1. The van der Waals surface area contributed by atoms with Gasteiger partial charge in [-0.25, -0.2) is 23.4 Å². The number of pyridine rings is 1. The zero-order chi connectivity index (χ0) is 26.2. The maximum Gasteiger partial charge on any atom is 0.224 e. The summed E-state index contributed by atoms with van der Waals surface area (Å²) in [6.07, 6.45) is 2.97. The van der Waals surface area contributed by atoms with Crippen molar-refractivity contribution in [3.8, 4) is 11.4 Å². The fourth-order valence-electron chi connectivity index (χ4n) is 4.48. The van der Waals surface area contributed by atoms with E-state index >= 15 is 0 Å². The molecule has 0 radical (unpaired) electrons. The molecule has 1 amide bonds. The number of hydrogen-bond acceptors (Lipinski definition) is 10. The Kier molecular flexibility index (Phi) is 7.41. The molecule has 5 rings (SSSR count). The highest BCUT2D eigenvalue weighted by Crippen LogP contribution is 2.35. The monoisotopic (exact) mass is 545 g/mol.